The van der Waals surface area contributed by atoms with E-state index in [9.17, 15) is 9.18 Å². The van der Waals surface area contributed by atoms with Gasteiger partial charge in [0.05, 0.1) is 0 Å². The fourth-order valence-electron chi connectivity index (χ4n) is 2.06. The average molecular weight is 272 g/mol. The monoisotopic (exact) mass is 272 g/mol. The van der Waals surface area contributed by atoms with Gasteiger partial charge in [-0.2, -0.15) is 0 Å². The standard InChI is InChI=1S/C16H17FN2O/c1-11-6-3-4-9-14(11)19-16(2,15(18)20)12-7-5-8-13(17)10-12/h3-10,19H,1-2H3,(H2,18,20). The number of benzene rings is 2. The Bertz CT molecular complexity index is 642. The molecule has 20 heavy (non-hydrogen) atoms. The third-order valence-corrected chi connectivity index (χ3v) is 3.42. The lowest BCUT2D eigenvalue weighted by atomic mass is 9.90. The molecule has 2 rings (SSSR count). The van der Waals surface area contributed by atoms with Crippen LogP contribution in [-0.2, 0) is 10.3 Å². The first kappa shape index (κ1) is 14.1. The summed E-state index contributed by atoms with van der Waals surface area (Å²) in [5.74, 6) is -0.965. The van der Waals surface area contributed by atoms with Gasteiger partial charge in [-0.15, -0.1) is 0 Å². The van der Waals surface area contributed by atoms with Crippen LogP contribution in [0, 0.1) is 12.7 Å². The third-order valence-electron chi connectivity index (χ3n) is 3.42. The molecule has 0 heterocycles. The summed E-state index contributed by atoms with van der Waals surface area (Å²) in [5, 5.41) is 3.13. The highest BCUT2D eigenvalue weighted by atomic mass is 19.1. The first-order valence-corrected chi connectivity index (χ1v) is 6.33. The summed E-state index contributed by atoms with van der Waals surface area (Å²) >= 11 is 0. The highest BCUT2D eigenvalue weighted by Crippen LogP contribution is 2.28. The molecule has 1 unspecified atom stereocenters. The molecular weight excluding hydrogens is 255 g/mol. The molecular formula is C16H17FN2O. The maximum atomic E-state index is 13.4. The number of carbonyl (C=O) groups excluding carboxylic acids is 1. The van der Waals surface area contributed by atoms with Gasteiger partial charge in [-0.1, -0.05) is 30.3 Å². The van der Waals surface area contributed by atoms with Gasteiger partial charge in [0.15, 0.2) is 0 Å². The van der Waals surface area contributed by atoms with E-state index >= 15 is 0 Å². The van der Waals surface area contributed by atoms with Crippen LogP contribution in [0.2, 0.25) is 0 Å². The second-order valence-electron chi connectivity index (χ2n) is 4.94. The summed E-state index contributed by atoms with van der Waals surface area (Å²) in [6.07, 6.45) is 0. The number of nitrogens with one attached hydrogen (secondary N) is 1. The number of para-hydroxylation sites is 1. The molecule has 1 amide bonds. The van der Waals surface area contributed by atoms with Crippen molar-refractivity contribution in [2.24, 2.45) is 5.73 Å². The van der Waals surface area contributed by atoms with Crippen molar-refractivity contribution in [3.05, 3.63) is 65.5 Å². The number of amides is 1. The van der Waals surface area contributed by atoms with Crippen LogP contribution >= 0.6 is 0 Å². The van der Waals surface area contributed by atoms with E-state index in [1.165, 1.54) is 12.1 Å². The Labute approximate surface area is 117 Å². The number of rotatable bonds is 4. The zero-order valence-electron chi connectivity index (χ0n) is 11.5. The number of aryl methyl sites for hydroxylation is 1. The number of nitrogens with two attached hydrogens (primary N) is 1. The number of hydrogen-bond donors (Lipinski definition) is 2. The van der Waals surface area contributed by atoms with Gasteiger partial charge in [0.1, 0.15) is 11.4 Å². The lowest BCUT2D eigenvalue weighted by Gasteiger charge is -2.30. The van der Waals surface area contributed by atoms with Crippen LogP contribution in [-0.4, -0.2) is 5.91 Å². The minimum atomic E-state index is -1.17. The summed E-state index contributed by atoms with van der Waals surface area (Å²) < 4.78 is 13.4. The minimum Gasteiger partial charge on any atom is -0.368 e. The molecule has 0 aliphatic heterocycles. The zero-order valence-corrected chi connectivity index (χ0v) is 11.5. The number of primary amides is 1. The molecule has 0 spiro atoms. The van der Waals surface area contributed by atoms with Gasteiger partial charge in [-0.25, -0.2) is 4.39 Å². The van der Waals surface area contributed by atoms with E-state index < -0.39 is 17.3 Å². The summed E-state index contributed by atoms with van der Waals surface area (Å²) in [6.45, 7) is 3.58. The van der Waals surface area contributed by atoms with Gasteiger partial charge >= 0.3 is 0 Å². The van der Waals surface area contributed by atoms with Crippen molar-refractivity contribution in [1.29, 1.82) is 0 Å². The van der Waals surface area contributed by atoms with Gasteiger partial charge in [0, 0.05) is 5.69 Å². The predicted molar refractivity (Wildman–Crippen MR) is 77.7 cm³/mol. The maximum absolute atomic E-state index is 13.4. The SMILES string of the molecule is Cc1ccccc1NC(C)(C(N)=O)c1cccc(F)c1. The Morgan fingerprint density at radius 3 is 2.50 bits per heavy atom. The van der Waals surface area contributed by atoms with E-state index in [0.29, 0.717) is 5.56 Å². The van der Waals surface area contributed by atoms with Crippen molar-refractivity contribution in [1.82, 2.24) is 0 Å². The van der Waals surface area contributed by atoms with Crippen LogP contribution < -0.4 is 11.1 Å². The smallest absolute Gasteiger partial charge is 0.247 e. The fourth-order valence-corrected chi connectivity index (χ4v) is 2.06. The molecule has 1 atom stereocenters. The van der Waals surface area contributed by atoms with Crippen LogP contribution in [0.5, 0.6) is 0 Å². The first-order chi connectivity index (χ1) is 9.43. The van der Waals surface area contributed by atoms with Crippen molar-refractivity contribution >= 4 is 11.6 Å². The lowest BCUT2D eigenvalue weighted by Crippen LogP contribution is -2.45. The Morgan fingerprint density at radius 1 is 1.20 bits per heavy atom. The molecule has 0 fully saturated rings. The molecule has 2 aromatic carbocycles. The van der Waals surface area contributed by atoms with E-state index in [4.69, 9.17) is 5.73 Å². The average Bonchev–Trinajstić information content (AvgIpc) is 2.41. The normalized spacial score (nSPS) is 13.6. The highest BCUT2D eigenvalue weighted by Gasteiger charge is 2.33. The van der Waals surface area contributed by atoms with Crippen LogP contribution in [0.15, 0.2) is 48.5 Å². The van der Waals surface area contributed by atoms with Crippen molar-refractivity contribution in [2.75, 3.05) is 5.32 Å². The third kappa shape index (κ3) is 2.64. The van der Waals surface area contributed by atoms with Gasteiger partial charge in [0.2, 0.25) is 5.91 Å². The molecule has 0 aliphatic rings. The quantitative estimate of drug-likeness (QED) is 0.899. The van der Waals surface area contributed by atoms with Crippen LogP contribution in [0.25, 0.3) is 0 Å². The molecule has 0 radical (unpaired) electrons. The van der Waals surface area contributed by atoms with Crippen LogP contribution in [0.1, 0.15) is 18.1 Å². The van der Waals surface area contributed by atoms with E-state index in [1.54, 1.807) is 19.1 Å². The van der Waals surface area contributed by atoms with Crippen LogP contribution in [0.4, 0.5) is 10.1 Å². The summed E-state index contributed by atoms with van der Waals surface area (Å²) in [7, 11) is 0. The Balaban J connectivity index is 2.46. The molecule has 3 N–H and O–H groups in total. The molecule has 0 saturated carbocycles. The van der Waals surface area contributed by atoms with Crippen molar-refractivity contribution in [3.63, 3.8) is 0 Å². The molecule has 4 heteroatoms. The van der Waals surface area contributed by atoms with Crippen molar-refractivity contribution < 1.29 is 9.18 Å². The first-order valence-electron chi connectivity index (χ1n) is 6.33. The van der Waals surface area contributed by atoms with Crippen molar-refractivity contribution in [3.8, 4) is 0 Å². The molecule has 104 valence electrons. The minimum absolute atomic E-state index is 0.401. The van der Waals surface area contributed by atoms with E-state index in [0.717, 1.165) is 11.3 Å². The second kappa shape index (κ2) is 5.33. The van der Waals surface area contributed by atoms with Gasteiger partial charge in [-0.05, 0) is 43.2 Å². The zero-order chi connectivity index (χ0) is 14.8. The van der Waals surface area contributed by atoms with Gasteiger partial charge in [-0.3, -0.25) is 4.79 Å². The van der Waals surface area contributed by atoms with E-state index in [2.05, 4.69) is 5.32 Å². The Morgan fingerprint density at radius 2 is 1.90 bits per heavy atom. The fraction of sp³-hybridized carbons (Fsp3) is 0.188. The molecule has 2 aromatic rings. The summed E-state index contributed by atoms with van der Waals surface area (Å²) in [5.41, 5.74) is 6.62. The largest absolute Gasteiger partial charge is 0.368 e. The Hall–Kier alpha value is -2.36. The molecule has 3 nitrogen and oxygen atoms in total. The Kier molecular flexibility index (Phi) is 3.74. The second-order valence-corrected chi connectivity index (χ2v) is 4.94. The van der Waals surface area contributed by atoms with Gasteiger partial charge < -0.3 is 11.1 Å². The lowest BCUT2D eigenvalue weighted by molar-refractivity contribution is -0.122. The molecule has 0 aromatic heterocycles. The number of halogens is 1. The summed E-state index contributed by atoms with van der Waals surface area (Å²) in [4.78, 5) is 11.9. The number of carbonyl (C=O) groups is 1. The van der Waals surface area contributed by atoms with E-state index in [-0.39, 0.29) is 0 Å². The van der Waals surface area contributed by atoms with Crippen LogP contribution in [0.3, 0.4) is 0 Å². The molecule has 0 bridgehead atoms. The van der Waals surface area contributed by atoms with Crippen molar-refractivity contribution in [2.45, 2.75) is 19.4 Å². The highest BCUT2D eigenvalue weighted by molar-refractivity contribution is 5.89. The maximum Gasteiger partial charge on any atom is 0.247 e. The summed E-state index contributed by atoms with van der Waals surface area (Å²) in [6, 6.07) is 13.4. The molecule has 0 aliphatic carbocycles. The number of hydrogen-bond acceptors (Lipinski definition) is 2. The van der Waals surface area contributed by atoms with Gasteiger partial charge in [0.25, 0.3) is 0 Å². The van der Waals surface area contributed by atoms with E-state index in [1.807, 2.05) is 31.2 Å². The number of anilines is 1. The predicted octanol–water partition coefficient (Wildman–Crippen LogP) is 2.95. The molecule has 0 saturated heterocycles. The topological polar surface area (TPSA) is 55.1 Å².